The van der Waals surface area contributed by atoms with Crippen molar-refractivity contribution in [2.24, 2.45) is 5.92 Å². The zero-order chi connectivity index (χ0) is 14.8. The molecule has 1 aromatic carbocycles. The summed E-state index contributed by atoms with van der Waals surface area (Å²) in [6.07, 6.45) is 5.60. The molecule has 0 amide bonds. The first-order valence-corrected chi connectivity index (χ1v) is 8.66. The maximum Gasteiger partial charge on any atom is 0.0233 e. The number of nitrogens with zero attached hydrogens (tertiary/aromatic N) is 1. The van der Waals surface area contributed by atoms with E-state index in [1.807, 2.05) is 0 Å². The van der Waals surface area contributed by atoms with Crippen molar-refractivity contribution in [3.63, 3.8) is 0 Å². The predicted octanol–water partition coefficient (Wildman–Crippen LogP) is 3.77. The highest BCUT2D eigenvalue weighted by Crippen LogP contribution is 2.35. The highest BCUT2D eigenvalue weighted by atomic mass is 15.1. The van der Waals surface area contributed by atoms with E-state index in [4.69, 9.17) is 0 Å². The van der Waals surface area contributed by atoms with Crippen LogP contribution in [0.3, 0.4) is 0 Å². The number of hydrogen-bond acceptors (Lipinski definition) is 2. The predicted molar refractivity (Wildman–Crippen MR) is 89.5 cm³/mol. The van der Waals surface area contributed by atoms with Gasteiger partial charge in [0.2, 0.25) is 0 Å². The van der Waals surface area contributed by atoms with Crippen LogP contribution in [0.5, 0.6) is 0 Å². The molecule has 2 saturated carbocycles. The fourth-order valence-corrected chi connectivity index (χ4v) is 3.07. The van der Waals surface area contributed by atoms with E-state index < -0.39 is 0 Å². The molecule has 3 rings (SSSR count). The van der Waals surface area contributed by atoms with Gasteiger partial charge in [0, 0.05) is 25.2 Å². The van der Waals surface area contributed by atoms with Crippen molar-refractivity contribution in [3.05, 3.63) is 35.4 Å². The van der Waals surface area contributed by atoms with Gasteiger partial charge >= 0.3 is 0 Å². The van der Waals surface area contributed by atoms with E-state index in [2.05, 4.69) is 55.4 Å². The average Bonchev–Trinajstić information content (AvgIpc) is 3.38. The minimum atomic E-state index is 0.614. The van der Waals surface area contributed by atoms with Gasteiger partial charge in [-0.1, -0.05) is 31.2 Å². The zero-order valence-electron chi connectivity index (χ0n) is 13.8. The van der Waals surface area contributed by atoms with Gasteiger partial charge in [0.25, 0.3) is 0 Å². The van der Waals surface area contributed by atoms with Crippen LogP contribution in [0.25, 0.3) is 0 Å². The first kappa shape index (κ1) is 15.1. The molecule has 0 aliphatic heterocycles. The van der Waals surface area contributed by atoms with Crippen LogP contribution in [0, 0.1) is 5.92 Å². The van der Waals surface area contributed by atoms with Gasteiger partial charge < -0.3 is 5.32 Å². The van der Waals surface area contributed by atoms with Crippen molar-refractivity contribution in [3.8, 4) is 0 Å². The molecular weight excluding hydrogens is 256 g/mol. The Bertz CT molecular complexity index is 445. The Morgan fingerprint density at radius 2 is 1.76 bits per heavy atom. The molecular formula is C19H30N2. The third-order valence-electron chi connectivity index (χ3n) is 5.27. The molecule has 0 bridgehead atoms. The van der Waals surface area contributed by atoms with Gasteiger partial charge in [-0.15, -0.1) is 0 Å². The lowest BCUT2D eigenvalue weighted by Crippen LogP contribution is -2.30. The highest BCUT2D eigenvalue weighted by molar-refractivity contribution is 5.25. The Morgan fingerprint density at radius 3 is 2.33 bits per heavy atom. The second-order valence-corrected chi connectivity index (χ2v) is 7.32. The molecule has 2 unspecified atom stereocenters. The third kappa shape index (κ3) is 4.31. The minimum absolute atomic E-state index is 0.614. The molecule has 2 aliphatic carbocycles. The lowest BCUT2D eigenvalue weighted by Gasteiger charge is -2.24. The standard InChI is InChI=1S/C19H30N2/c1-14(12-20-19-10-11-19)17-6-4-16(5-7-17)13-21(3)15(2)18-8-9-18/h4-7,14-15,18-20H,8-13H2,1-3H3. The maximum absolute atomic E-state index is 3.63. The molecule has 2 heteroatoms. The van der Waals surface area contributed by atoms with Gasteiger partial charge in [0.05, 0.1) is 0 Å². The van der Waals surface area contributed by atoms with Gasteiger partial charge in [-0.25, -0.2) is 0 Å². The van der Waals surface area contributed by atoms with Crippen molar-refractivity contribution in [2.45, 2.75) is 64.1 Å². The summed E-state index contributed by atoms with van der Waals surface area (Å²) in [5, 5.41) is 3.63. The van der Waals surface area contributed by atoms with E-state index in [0.29, 0.717) is 5.92 Å². The molecule has 0 radical (unpaired) electrons. The molecule has 0 saturated heterocycles. The first-order chi connectivity index (χ1) is 10.1. The van der Waals surface area contributed by atoms with E-state index in [9.17, 15) is 0 Å². The fourth-order valence-electron chi connectivity index (χ4n) is 3.07. The SMILES string of the molecule is CC(CNC1CC1)c1ccc(CN(C)C(C)C2CC2)cc1. The topological polar surface area (TPSA) is 15.3 Å². The molecule has 0 spiro atoms. The smallest absolute Gasteiger partial charge is 0.0233 e. The van der Waals surface area contributed by atoms with Crippen LogP contribution >= 0.6 is 0 Å². The summed E-state index contributed by atoms with van der Waals surface area (Å²) in [5.41, 5.74) is 2.90. The number of hydrogen-bond donors (Lipinski definition) is 1. The third-order valence-corrected chi connectivity index (χ3v) is 5.27. The molecule has 2 aliphatic rings. The van der Waals surface area contributed by atoms with E-state index in [-0.39, 0.29) is 0 Å². The molecule has 116 valence electrons. The van der Waals surface area contributed by atoms with Crippen LogP contribution < -0.4 is 5.32 Å². The normalized spacial score (nSPS) is 21.5. The largest absolute Gasteiger partial charge is 0.313 e. The Balaban J connectivity index is 1.50. The Morgan fingerprint density at radius 1 is 1.10 bits per heavy atom. The van der Waals surface area contributed by atoms with E-state index in [1.54, 1.807) is 0 Å². The van der Waals surface area contributed by atoms with Gasteiger partial charge in [-0.3, -0.25) is 4.90 Å². The summed E-state index contributed by atoms with van der Waals surface area (Å²) in [6.45, 7) is 6.89. The zero-order valence-corrected chi connectivity index (χ0v) is 13.8. The van der Waals surface area contributed by atoms with E-state index in [1.165, 1.54) is 36.8 Å². The summed E-state index contributed by atoms with van der Waals surface area (Å²) in [7, 11) is 2.26. The van der Waals surface area contributed by atoms with Gasteiger partial charge in [-0.05, 0) is 62.6 Å². The highest BCUT2D eigenvalue weighted by Gasteiger charge is 2.30. The van der Waals surface area contributed by atoms with Crippen molar-refractivity contribution >= 4 is 0 Å². The van der Waals surface area contributed by atoms with Gasteiger partial charge in [0.1, 0.15) is 0 Å². The summed E-state index contributed by atoms with van der Waals surface area (Å²) < 4.78 is 0. The molecule has 2 atom stereocenters. The number of nitrogens with one attached hydrogen (secondary N) is 1. The van der Waals surface area contributed by atoms with Crippen molar-refractivity contribution in [1.82, 2.24) is 10.2 Å². The fraction of sp³-hybridized carbons (Fsp3) is 0.684. The van der Waals surface area contributed by atoms with Gasteiger partial charge in [0.15, 0.2) is 0 Å². The van der Waals surface area contributed by atoms with Crippen molar-refractivity contribution in [2.75, 3.05) is 13.6 Å². The van der Waals surface area contributed by atoms with Crippen LogP contribution in [0.2, 0.25) is 0 Å². The van der Waals surface area contributed by atoms with Crippen LogP contribution in [0.15, 0.2) is 24.3 Å². The lowest BCUT2D eigenvalue weighted by molar-refractivity contribution is 0.226. The lowest BCUT2D eigenvalue weighted by atomic mass is 9.99. The summed E-state index contributed by atoms with van der Waals surface area (Å²) in [6, 6.07) is 10.8. The molecule has 21 heavy (non-hydrogen) atoms. The molecule has 2 nitrogen and oxygen atoms in total. The molecule has 0 heterocycles. The Labute approximate surface area is 129 Å². The molecule has 1 N–H and O–H groups in total. The molecule has 0 aromatic heterocycles. The molecule has 2 fully saturated rings. The van der Waals surface area contributed by atoms with Crippen LogP contribution in [-0.2, 0) is 6.54 Å². The van der Waals surface area contributed by atoms with Gasteiger partial charge in [-0.2, -0.15) is 0 Å². The maximum atomic E-state index is 3.63. The van der Waals surface area contributed by atoms with Crippen LogP contribution in [-0.4, -0.2) is 30.6 Å². The first-order valence-electron chi connectivity index (χ1n) is 8.66. The number of benzene rings is 1. The summed E-state index contributed by atoms with van der Waals surface area (Å²) in [5.74, 6) is 1.56. The number of rotatable bonds is 8. The molecule has 1 aromatic rings. The average molecular weight is 286 g/mol. The summed E-state index contributed by atoms with van der Waals surface area (Å²) >= 11 is 0. The van der Waals surface area contributed by atoms with Crippen LogP contribution in [0.1, 0.15) is 56.6 Å². The Kier molecular flexibility index (Phi) is 4.66. The Hall–Kier alpha value is -0.860. The second kappa shape index (κ2) is 6.50. The van der Waals surface area contributed by atoms with Crippen molar-refractivity contribution < 1.29 is 0 Å². The van der Waals surface area contributed by atoms with E-state index >= 15 is 0 Å². The van der Waals surface area contributed by atoms with E-state index in [0.717, 1.165) is 31.1 Å². The quantitative estimate of drug-likeness (QED) is 0.782. The second-order valence-electron chi connectivity index (χ2n) is 7.32. The monoisotopic (exact) mass is 286 g/mol. The van der Waals surface area contributed by atoms with Crippen molar-refractivity contribution in [1.29, 1.82) is 0 Å². The minimum Gasteiger partial charge on any atom is -0.313 e. The van der Waals surface area contributed by atoms with Crippen LogP contribution in [0.4, 0.5) is 0 Å². The summed E-state index contributed by atoms with van der Waals surface area (Å²) in [4.78, 5) is 2.50.